The van der Waals surface area contributed by atoms with Gasteiger partial charge in [0.1, 0.15) is 5.58 Å². The third kappa shape index (κ3) is 4.19. The minimum absolute atomic E-state index is 0.871. The summed E-state index contributed by atoms with van der Waals surface area (Å²) in [5, 5.41) is 7.07. The molecule has 0 aliphatic rings. The zero-order valence-electron chi connectivity index (χ0n) is 25.1. The number of nitrogens with zero attached hydrogens (tertiary/aromatic N) is 1. The maximum atomic E-state index is 6.68. The highest BCUT2D eigenvalue weighted by atomic mass is 16.3. The van der Waals surface area contributed by atoms with Gasteiger partial charge < -0.3 is 9.32 Å². The molecule has 2 heteroatoms. The van der Waals surface area contributed by atoms with Crippen LogP contribution in [0.1, 0.15) is 0 Å². The minimum atomic E-state index is 0.871. The predicted octanol–water partition coefficient (Wildman–Crippen LogP) is 12.7. The molecular formula is C44H29NO. The monoisotopic (exact) mass is 587 g/mol. The molecule has 0 fully saturated rings. The van der Waals surface area contributed by atoms with Crippen molar-refractivity contribution in [2.24, 2.45) is 0 Å². The molecule has 216 valence electrons. The molecule has 0 N–H and O–H groups in total. The van der Waals surface area contributed by atoms with Gasteiger partial charge in [-0.2, -0.15) is 0 Å². The van der Waals surface area contributed by atoms with Crippen LogP contribution in [0.25, 0.3) is 65.7 Å². The Morgan fingerprint density at radius 2 is 0.870 bits per heavy atom. The van der Waals surface area contributed by atoms with E-state index in [0.717, 1.165) is 44.6 Å². The first-order valence-corrected chi connectivity index (χ1v) is 15.7. The normalized spacial score (nSPS) is 11.5. The first-order valence-electron chi connectivity index (χ1n) is 15.7. The van der Waals surface area contributed by atoms with Gasteiger partial charge in [-0.3, -0.25) is 0 Å². The molecule has 1 heterocycles. The van der Waals surface area contributed by atoms with Gasteiger partial charge in [0.05, 0.1) is 11.4 Å². The van der Waals surface area contributed by atoms with Crippen LogP contribution in [0.3, 0.4) is 0 Å². The number of hydrogen-bond acceptors (Lipinski definition) is 2. The summed E-state index contributed by atoms with van der Waals surface area (Å²) in [6.45, 7) is 0. The SMILES string of the molecule is c1ccc(-c2ccc(-c3c(N(c4ccccc4)c4cccc5c4oc4ccccc45)c4ccccc4c4ccccc34)cc2)cc1. The van der Waals surface area contributed by atoms with Crippen LogP contribution in [0, 0.1) is 0 Å². The van der Waals surface area contributed by atoms with Crippen LogP contribution in [0.5, 0.6) is 0 Å². The van der Waals surface area contributed by atoms with Crippen molar-refractivity contribution in [3.05, 3.63) is 176 Å². The molecule has 0 saturated heterocycles. The van der Waals surface area contributed by atoms with Crippen molar-refractivity contribution >= 4 is 60.5 Å². The molecule has 0 amide bonds. The van der Waals surface area contributed by atoms with Crippen LogP contribution in [-0.2, 0) is 0 Å². The van der Waals surface area contributed by atoms with Crippen molar-refractivity contribution in [1.29, 1.82) is 0 Å². The Morgan fingerprint density at radius 1 is 0.348 bits per heavy atom. The molecule has 0 unspecified atom stereocenters. The Hall–Kier alpha value is -6.12. The number of hydrogen-bond donors (Lipinski definition) is 0. The molecular weight excluding hydrogens is 558 g/mol. The van der Waals surface area contributed by atoms with E-state index in [9.17, 15) is 0 Å². The van der Waals surface area contributed by atoms with Gasteiger partial charge in [-0.15, -0.1) is 0 Å². The molecule has 9 rings (SSSR count). The van der Waals surface area contributed by atoms with Crippen LogP contribution in [0.15, 0.2) is 180 Å². The summed E-state index contributed by atoms with van der Waals surface area (Å²) in [4.78, 5) is 2.40. The Balaban J connectivity index is 1.41. The van der Waals surface area contributed by atoms with Gasteiger partial charge in [-0.1, -0.05) is 152 Å². The average molecular weight is 588 g/mol. The van der Waals surface area contributed by atoms with Crippen molar-refractivity contribution in [1.82, 2.24) is 0 Å². The summed E-state index contributed by atoms with van der Waals surface area (Å²) in [7, 11) is 0. The van der Waals surface area contributed by atoms with E-state index in [1.807, 2.05) is 6.07 Å². The molecule has 0 aliphatic heterocycles. The lowest BCUT2D eigenvalue weighted by Gasteiger charge is -2.30. The van der Waals surface area contributed by atoms with Crippen molar-refractivity contribution in [2.45, 2.75) is 0 Å². The fraction of sp³-hybridized carbons (Fsp3) is 0. The van der Waals surface area contributed by atoms with Crippen molar-refractivity contribution in [2.75, 3.05) is 4.90 Å². The van der Waals surface area contributed by atoms with E-state index < -0.39 is 0 Å². The molecule has 2 nitrogen and oxygen atoms in total. The Labute approximate surface area is 267 Å². The van der Waals surface area contributed by atoms with Gasteiger partial charge in [0.25, 0.3) is 0 Å². The van der Waals surface area contributed by atoms with Gasteiger partial charge in [0, 0.05) is 27.4 Å². The second-order valence-electron chi connectivity index (χ2n) is 11.7. The quantitative estimate of drug-likeness (QED) is 0.186. The molecule has 0 bridgehead atoms. The minimum Gasteiger partial charge on any atom is -0.454 e. The zero-order chi connectivity index (χ0) is 30.5. The molecule has 8 aromatic carbocycles. The van der Waals surface area contributed by atoms with E-state index in [-0.39, 0.29) is 0 Å². The predicted molar refractivity (Wildman–Crippen MR) is 194 cm³/mol. The van der Waals surface area contributed by atoms with Crippen LogP contribution in [0.2, 0.25) is 0 Å². The summed E-state index contributed by atoms with van der Waals surface area (Å²) in [5.74, 6) is 0. The second kappa shape index (κ2) is 10.8. The van der Waals surface area contributed by atoms with Crippen molar-refractivity contribution in [3.63, 3.8) is 0 Å². The van der Waals surface area contributed by atoms with Gasteiger partial charge in [-0.25, -0.2) is 0 Å². The Bertz CT molecular complexity index is 2510. The maximum absolute atomic E-state index is 6.68. The summed E-state index contributed by atoms with van der Waals surface area (Å²) < 4.78 is 6.68. The standard InChI is InChI=1S/C44H29NO/c1-3-14-30(15-4-1)31-26-28-32(29-27-31)42-37-21-9-7-18-34(37)35-19-8-10-22-38(35)43(42)45(33-16-5-2-6-17-33)40-24-13-23-39-36-20-11-12-25-41(36)46-44(39)40/h1-29H. The summed E-state index contributed by atoms with van der Waals surface area (Å²) >= 11 is 0. The van der Waals surface area contributed by atoms with E-state index in [1.54, 1.807) is 0 Å². The van der Waals surface area contributed by atoms with Gasteiger partial charge in [-0.05, 0) is 57.1 Å². The molecule has 0 radical (unpaired) electrons. The van der Waals surface area contributed by atoms with Crippen molar-refractivity contribution < 1.29 is 4.42 Å². The van der Waals surface area contributed by atoms with Crippen LogP contribution >= 0.6 is 0 Å². The van der Waals surface area contributed by atoms with Crippen LogP contribution < -0.4 is 4.90 Å². The summed E-state index contributed by atoms with van der Waals surface area (Å²) in [6.07, 6.45) is 0. The molecule has 0 spiro atoms. The number of para-hydroxylation sites is 3. The first-order chi connectivity index (χ1) is 22.8. The summed E-state index contributed by atoms with van der Waals surface area (Å²) in [6, 6.07) is 62.6. The Morgan fingerprint density at radius 3 is 1.61 bits per heavy atom. The highest BCUT2D eigenvalue weighted by Crippen LogP contribution is 2.51. The van der Waals surface area contributed by atoms with E-state index in [1.165, 1.54) is 38.2 Å². The molecule has 1 aromatic heterocycles. The lowest BCUT2D eigenvalue weighted by atomic mass is 9.89. The molecule has 46 heavy (non-hydrogen) atoms. The van der Waals surface area contributed by atoms with Gasteiger partial charge >= 0.3 is 0 Å². The number of benzene rings is 8. The van der Waals surface area contributed by atoms with Crippen LogP contribution in [-0.4, -0.2) is 0 Å². The zero-order valence-corrected chi connectivity index (χ0v) is 25.1. The van der Waals surface area contributed by atoms with Gasteiger partial charge in [0.15, 0.2) is 5.58 Å². The number of fused-ring (bicyclic) bond motifs is 6. The molecule has 0 saturated carbocycles. The third-order valence-corrected chi connectivity index (χ3v) is 9.05. The topological polar surface area (TPSA) is 16.4 Å². The highest BCUT2D eigenvalue weighted by molar-refractivity contribution is 6.23. The van der Waals surface area contributed by atoms with E-state index in [4.69, 9.17) is 4.42 Å². The first kappa shape index (κ1) is 26.3. The average Bonchev–Trinajstić information content (AvgIpc) is 3.52. The highest BCUT2D eigenvalue weighted by Gasteiger charge is 2.26. The smallest absolute Gasteiger partial charge is 0.159 e. The van der Waals surface area contributed by atoms with E-state index >= 15 is 0 Å². The van der Waals surface area contributed by atoms with E-state index in [2.05, 4.69) is 175 Å². The summed E-state index contributed by atoms with van der Waals surface area (Å²) in [5.41, 5.74) is 9.71. The molecule has 0 atom stereocenters. The number of anilines is 3. The molecule has 9 aromatic rings. The second-order valence-corrected chi connectivity index (χ2v) is 11.7. The number of rotatable bonds is 5. The third-order valence-electron chi connectivity index (χ3n) is 9.05. The van der Waals surface area contributed by atoms with Crippen molar-refractivity contribution in [3.8, 4) is 22.3 Å². The number of furan rings is 1. The largest absolute Gasteiger partial charge is 0.454 e. The Kier molecular flexibility index (Phi) is 6.17. The lowest BCUT2D eigenvalue weighted by Crippen LogP contribution is -2.12. The molecule has 0 aliphatic carbocycles. The van der Waals surface area contributed by atoms with Crippen LogP contribution in [0.4, 0.5) is 17.1 Å². The van der Waals surface area contributed by atoms with E-state index in [0.29, 0.717) is 0 Å². The van der Waals surface area contributed by atoms with Gasteiger partial charge in [0.2, 0.25) is 0 Å². The fourth-order valence-electron chi connectivity index (χ4n) is 6.98. The fourth-order valence-corrected chi connectivity index (χ4v) is 6.98. The maximum Gasteiger partial charge on any atom is 0.159 e. The lowest BCUT2D eigenvalue weighted by molar-refractivity contribution is 0.669.